The molecule has 2 atom stereocenters. The van der Waals surface area contributed by atoms with E-state index in [-0.39, 0.29) is 17.2 Å². The zero-order chi connectivity index (χ0) is 18.6. The summed E-state index contributed by atoms with van der Waals surface area (Å²) in [4.78, 5) is 31.8. The third-order valence-corrected chi connectivity index (χ3v) is 7.67. The molecule has 0 radical (unpaired) electrons. The van der Waals surface area contributed by atoms with Gasteiger partial charge in [-0.1, -0.05) is 12.0 Å². The Kier molecular flexibility index (Phi) is 4.08. The van der Waals surface area contributed by atoms with E-state index in [2.05, 4.69) is 4.90 Å². The van der Waals surface area contributed by atoms with Crippen molar-refractivity contribution in [3.05, 3.63) is 34.0 Å². The summed E-state index contributed by atoms with van der Waals surface area (Å²) in [7, 11) is 0. The van der Waals surface area contributed by atoms with Gasteiger partial charge in [0.15, 0.2) is 5.78 Å². The number of carbonyl (C=O) groups is 2. The van der Waals surface area contributed by atoms with Gasteiger partial charge < -0.3 is 10.0 Å². The summed E-state index contributed by atoms with van der Waals surface area (Å²) in [6.07, 6.45) is 14.2. The number of hydrogen-bond donors (Lipinski definition) is 1. The SMILES string of the molecule is O=C(O)CSC1=CC2=N[C@@]34CCCC[C@H]3CC3=C(CCCC3)N4C2=CC1=O. The maximum Gasteiger partial charge on any atom is 0.313 e. The molecule has 0 aromatic rings. The van der Waals surface area contributed by atoms with Gasteiger partial charge in [0.25, 0.3) is 0 Å². The normalized spacial score (nSPS) is 32.0. The number of hydrogen-bond acceptors (Lipinski definition) is 5. The van der Waals surface area contributed by atoms with Crippen molar-refractivity contribution in [2.24, 2.45) is 10.9 Å². The van der Waals surface area contributed by atoms with Gasteiger partial charge in [-0.25, -0.2) is 0 Å². The molecule has 0 amide bonds. The third-order valence-electron chi connectivity index (χ3n) is 6.65. The fraction of sp³-hybridized carbons (Fsp3) is 0.571. The Bertz CT molecular complexity index is 853. The van der Waals surface area contributed by atoms with E-state index in [1.807, 2.05) is 6.08 Å². The van der Waals surface area contributed by atoms with Crippen LogP contribution in [0.3, 0.4) is 0 Å². The number of carboxylic acids is 1. The lowest BCUT2D eigenvalue weighted by Gasteiger charge is -2.52. The van der Waals surface area contributed by atoms with Gasteiger partial charge in [-0.05, 0) is 57.4 Å². The summed E-state index contributed by atoms with van der Waals surface area (Å²) < 4.78 is 0. The lowest BCUT2D eigenvalue weighted by Crippen LogP contribution is -2.53. The number of ketones is 1. The highest BCUT2D eigenvalue weighted by atomic mass is 32.2. The number of carboxylic acid groups (broad SMARTS) is 1. The highest BCUT2D eigenvalue weighted by molar-refractivity contribution is 8.04. The van der Waals surface area contributed by atoms with Gasteiger partial charge in [-0.3, -0.25) is 14.6 Å². The van der Waals surface area contributed by atoms with Crippen molar-refractivity contribution >= 4 is 29.2 Å². The van der Waals surface area contributed by atoms with Crippen LogP contribution < -0.4 is 0 Å². The van der Waals surface area contributed by atoms with Crippen LogP contribution in [-0.2, 0) is 9.59 Å². The fourth-order valence-corrected chi connectivity index (χ4v) is 6.24. The smallest absolute Gasteiger partial charge is 0.313 e. The Morgan fingerprint density at radius 1 is 1.26 bits per heavy atom. The number of aliphatic carboxylic acids is 1. The molecule has 2 heterocycles. The first-order valence-corrected chi connectivity index (χ1v) is 11.0. The Morgan fingerprint density at radius 3 is 2.96 bits per heavy atom. The van der Waals surface area contributed by atoms with Crippen molar-refractivity contribution in [1.29, 1.82) is 0 Å². The number of rotatable bonds is 3. The van der Waals surface area contributed by atoms with Crippen LogP contribution in [0.4, 0.5) is 0 Å². The summed E-state index contributed by atoms with van der Waals surface area (Å²) in [6.45, 7) is 0. The third kappa shape index (κ3) is 2.64. The van der Waals surface area contributed by atoms with Crippen molar-refractivity contribution < 1.29 is 14.7 Å². The molecule has 5 rings (SSSR count). The van der Waals surface area contributed by atoms with Crippen LogP contribution in [0.2, 0.25) is 0 Å². The molecule has 1 saturated carbocycles. The van der Waals surface area contributed by atoms with E-state index >= 15 is 0 Å². The number of fused-ring (bicyclic) bond motifs is 3. The minimum atomic E-state index is -0.905. The first-order valence-electron chi connectivity index (χ1n) is 10.0. The summed E-state index contributed by atoms with van der Waals surface area (Å²) >= 11 is 1.10. The Labute approximate surface area is 163 Å². The van der Waals surface area contributed by atoms with E-state index in [1.165, 1.54) is 44.2 Å². The van der Waals surface area contributed by atoms with Crippen molar-refractivity contribution in [2.45, 2.75) is 63.5 Å². The lowest BCUT2D eigenvalue weighted by molar-refractivity contribution is -0.133. The van der Waals surface area contributed by atoms with Gasteiger partial charge in [0, 0.05) is 17.7 Å². The van der Waals surface area contributed by atoms with Crippen LogP contribution in [0.5, 0.6) is 0 Å². The van der Waals surface area contributed by atoms with Crippen LogP contribution in [0.1, 0.15) is 57.8 Å². The van der Waals surface area contributed by atoms with Crippen LogP contribution in [0, 0.1) is 5.92 Å². The predicted molar refractivity (Wildman–Crippen MR) is 105 cm³/mol. The maximum atomic E-state index is 12.7. The fourth-order valence-electron chi connectivity index (χ4n) is 5.56. The number of carbonyl (C=O) groups excluding carboxylic acids is 1. The summed E-state index contributed by atoms with van der Waals surface area (Å²) in [5.74, 6) is -0.554. The van der Waals surface area contributed by atoms with E-state index in [9.17, 15) is 9.59 Å². The molecule has 5 nitrogen and oxygen atoms in total. The second-order valence-corrected chi connectivity index (χ2v) is 9.22. The highest BCUT2D eigenvalue weighted by Gasteiger charge is 2.55. The van der Waals surface area contributed by atoms with Gasteiger partial charge in [0.1, 0.15) is 5.66 Å². The van der Waals surface area contributed by atoms with Crippen LogP contribution >= 0.6 is 11.8 Å². The second-order valence-electron chi connectivity index (χ2n) is 8.20. The Balaban J connectivity index is 1.58. The second kappa shape index (κ2) is 6.36. The van der Waals surface area contributed by atoms with E-state index in [4.69, 9.17) is 10.1 Å². The molecule has 1 fully saturated rings. The minimum absolute atomic E-state index is 0.0804. The zero-order valence-electron chi connectivity index (χ0n) is 15.4. The molecule has 0 aromatic carbocycles. The molecular formula is C21H24N2O3S. The first-order chi connectivity index (χ1) is 13.1. The van der Waals surface area contributed by atoms with E-state index in [0.29, 0.717) is 10.8 Å². The number of allylic oxidation sites excluding steroid dienone is 5. The topological polar surface area (TPSA) is 70.0 Å². The van der Waals surface area contributed by atoms with Crippen LogP contribution in [0.25, 0.3) is 0 Å². The van der Waals surface area contributed by atoms with E-state index < -0.39 is 5.97 Å². The maximum absolute atomic E-state index is 12.7. The molecule has 2 aliphatic heterocycles. The summed E-state index contributed by atoms with van der Waals surface area (Å²) in [6, 6.07) is 0. The van der Waals surface area contributed by atoms with E-state index in [0.717, 1.165) is 42.4 Å². The van der Waals surface area contributed by atoms with Crippen molar-refractivity contribution in [2.75, 3.05) is 5.75 Å². The van der Waals surface area contributed by atoms with Crippen LogP contribution in [-0.4, -0.2) is 38.9 Å². The first kappa shape index (κ1) is 17.3. The number of thioether (sulfide) groups is 1. The number of nitrogens with zero attached hydrogens (tertiary/aromatic N) is 2. The predicted octanol–water partition coefficient (Wildman–Crippen LogP) is 4.03. The van der Waals surface area contributed by atoms with Crippen molar-refractivity contribution in [3.63, 3.8) is 0 Å². The van der Waals surface area contributed by atoms with Crippen molar-refractivity contribution in [1.82, 2.24) is 4.90 Å². The quantitative estimate of drug-likeness (QED) is 0.744. The van der Waals surface area contributed by atoms with E-state index in [1.54, 1.807) is 11.6 Å². The molecule has 27 heavy (non-hydrogen) atoms. The summed E-state index contributed by atoms with van der Waals surface area (Å²) in [5, 5.41) is 8.95. The molecule has 0 saturated heterocycles. The molecule has 1 spiro atoms. The largest absolute Gasteiger partial charge is 0.481 e. The lowest BCUT2D eigenvalue weighted by atomic mass is 9.70. The van der Waals surface area contributed by atoms with Gasteiger partial charge in [-0.15, -0.1) is 11.8 Å². The zero-order valence-corrected chi connectivity index (χ0v) is 16.2. The Hall–Kier alpha value is -1.82. The standard InChI is InChI=1S/C21H24N2O3S/c24-18-11-17-15(10-19(18)27-12-20(25)26)22-21-8-4-3-6-14(21)9-13-5-1-2-7-16(13)23(17)21/h10-11,14H,1-9,12H2,(H,25,26)/t14-,21+/m0/s1. The molecule has 3 aliphatic carbocycles. The number of aliphatic imine (C=N–C) groups is 1. The van der Waals surface area contributed by atoms with Gasteiger partial charge in [0.05, 0.1) is 22.1 Å². The summed E-state index contributed by atoms with van der Waals surface area (Å²) in [5.41, 5.74) is 4.64. The van der Waals surface area contributed by atoms with Crippen molar-refractivity contribution in [3.8, 4) is 0 Å². The van der Waals surface area contributed by atoms with Gasteiger partial charge >= 0.3 is 5.97 Å². The molecule has 0 unspecified atom stereocenters. The van der Waals surface area contributed by atoms with Gasteiger partial charge in [0.2, 0.25) is 0 Å². The Morgan fingerprint density at radius 2 is 2.11 bits per heavy atom. The molecule has 0 aromatic heterocycles. The van der Waals surface area contributed by atoms with Crippen LogP contribution in [0.15, 0.2) is 39.0 Å². The molecule has 1 N–H and O–H groups in total. The molecular weight excluding hydrogens is 360 g/mol. The molecule has 6 heteroatoms. The molecule has 0 bridgehead atoms. The minimum Gasteiger partial charge on any atom is -0.481 e. The van der Waals surface area contributed by atoms with Gasteiger partial charge in [-0.2, -0.15) is 0 Å². The molecule has 5 aliphatic rings. The molecule has 142 valence electrons. The highest BCUT2D eigenvalue weighted by Crippen LogP contribution is 2.56. The average Bonchev–Trinajstić information content (AvgIpc) is 2.97. The monoisotopic (exact) mass is 384 g/mol. The average molecular weight is 385 g/mol.